The van der Waals surface area contributed by atoms with Crippen molar-refractivity contribution < 1.29 is 0 Å². The van der Waals surface area contributed by atoms with Gasteiger partial charge in [-0.05, 0) is 49.7 Å². The van der Waals surface area contributed by atoms with Gasteiger partial charge in [0.25, 0.3) is 0 Å². The maximum absolute atomic E-state index is 2.35. The van der Waals surface area contributed by atoms with Crippen molar-refractivity contribution in [2.75, 3.05) is 0 Å². The van der Waals surface area contributed by atoms with Crippen LogP contribution in [0.5, 0.6) is 0 Å². The Labute approximate surface area is 143 Å². The van der Waals surface area contributed by atoms with Gasteiger partial charge in [0.05, 0.1) is 0 Å². The molecule has 0 nitrogen and oxygen atoms in total. The minimum Gasteiger partial charge on any atom is -0.0619 e. The van der Waals surface area contributed by atoms with Crippen LogP contribution in [0.2, 0.25) is 0 Å². The summed E-state index contributed by atoms with van der Waals surface area (Å²) in [6.45, 7) is 6.86. The molecule has 0 radical (unpaired) electrons. The molecule has 118 valence electrons. The van der Waals surface area contributed by atoms with E-state index in [1.807, 2.05) is 0 Å². The summed E-state index contributed by atoms with van der Waals surface area (Å²) in [4.78, 5) is 0. The van der Waals surface area contributed by atoms with E-state index in [2.05, 4.69) is 99.6 Å². The lowest BCUT2D eigenvalue weighted by molar-refractivity contribution is 0.592. The summed E-state index contributed by atoms with van der Waals surface area (Å²) in [6, 6.07) is 28.6. The Bertz CT molecular complexity index is 1030. The van der Waals surface area contributed by atoms with Crippen LogP contribution in [0.25, 0.3) is 32.7 Å². The molecule has 0 fully saturated rings. The highest BCUT2D eigenvalue weighted by Crippen LogP contribution is 2.39. The topological polar surface area (TPSA) is 0 Å². The average Bonchev–Trinajstić information content (AvgIpc) is 2.60. The predicted octanol–water partition coefficient (Wildman–Crippen LogP) is 6.96. The number of hydrogen-bond acceptors (Lipinski definition) is 0. The second kappa shape index (κ2) is 5.49. The van der Waals surface area contributed by atoms with Crippen LogP contribution in [0.15, 0.2) is 78.9 Å². The first-order chi connectivity index (χ1) is 11.6. The lowest BCUT2D eigenvalue weighted by Crippen LogP contribution is -2.12. The summed E-state index contributed by atoms with van der Waals surface area (Å²) in [5.41, 5.74) is 4.18. The van der Waals surface area contributed by atoms with Gasteiger partial charge in [0, 0.05) is 0 Å². The summed E-state index contributed by atoms with van der Waals surface area (Å²) in [7, 11) is 0. The van der Waals surface area contributed by atoms with Gasteiger partial charge < -0.3 is 0 Å². The molecule has 0 aliphatic carbocycles. The number of rotatable bonds is 1. The van der Waals surface area contributed by atoms with Gasteiger partial charge >= 0.3 is 0 Å². The molecule has 0 unspecified atom stereocenters. The molecule has 4 aromatic carbocycles. The van der Waals surface area contributed by atoms with Gasteiger partial charge in [0.2, 0.25) is 0 Å². The smallest absolute Gasteiger partial charge is 0.00960 e. The molecule has 0 N–H and O–H groups in total. The number of hydrogen-bond donors (Lipinski definition) is 0. The molecule has 0 heterocycles. The van der Waals surface area contributed by atoms with Crippen LogP contribution in [0.3, 0.4) is 0 Å². The van der Waals surface area contributed by atoms with E-state index in [4.69, 9.17) is 0 Å². The van der Waals surface area contributed by atoms with E-state index in [0.29, 0.717) is 0 Å². The summed E-state index contributed by atoms with van der Waals surface area (Å²) in [5, 5.41) is 5.28. The molecule has 24 heavy (non-hydrogen) atoms. The highest BCUT2D eigenvalue weighted by Gasteiger charge is 2.19. The second-order valence-electron chi connectivity index (χ2n) is 7.49. The van der Waals surface area contributed by atoms with Crippen molar-refractivity contribution in [2.45, 2.75) is 26.2 Å². The molecule has 0 atom stereocenters. The number of fused-ring (bicyclic) bond motifs is 3. The third-order valence-corrected chi connectivity index (χ3v) is 4.79. The molecule has 4 aromatic rings. The molecular weight excluding hydrogens is 288 g/mol. The maximum Gasteiger partial charge on any atom is -0.00960 e. The van der Waals surface area contributed by atoms with E-state index in [1.165, 1.54) is 38.2 Å². The van der Waals surface area contributed by atoms with Gasteiger partial charge in [0.15, 0.2) is 0 Å². The lowest BCUT2D eigenvalue weighted by Gasteiger charge is -2.24. The highest BCUT2D eigenvalue weighted by atomic mass is 14.2. The lowest BCUT2D eigenvalue weighted by atomic mass is 9.80. The third kappa shape index (κ3) is 2.39. The third-order valence-electron chi connectivity index (χ3n) is 4.79. The molecule has 0 spiro atoms. The predicted molar refractivity (Wildman–Crippen MR) is 106 cm³/mol. The van der Waals surface area contributed by atoms with Crippen molar-refractivity contribution >= 4 is 21.5 Å². The van der Waals surface area contributed by atoms with Crippen LogP contribution in [-0.2, 0) is 5.41 Å². The Morgan fingerprint density at radius 3 is 1.88 bits per heavy atom. The van der Waals surface area contributed by atoms with Gasteiger partial charge in [-0.25, -0.2) is 0 Å². The monoisotopic (exact) mass is 310 g/mol. The largest absolute Gasteiger partial charge is 0.0619 e. The maximum atomic E-state index is 2.35. The van der Waals surface area contributed by atoms with Crippen molar-refractivity contribution in [3.05, 3.63) is 84.4 Å². The van der Waals surface area contributed by atoms with E-state index in [9.17, 15) is 0 Å². The van der Waals surface area contributed by atoms with E-state index in [0.717, 1.165) is 0 Å². The van der Waals surface area contributed by atoms with E-state index >= 15 is 0 Å². The van der Waals surface area contributed by atoms with Crippen LogP contribution in [0.4, 0.5) is 0 Å². The Kier molecular flexibility index (Phi) is 3.42. The summed E-state index contributed by atoms with van der Waals surface area (Å²) < 4.78 is 0. The Hall–Kier alpha value is -2.60. The molecule has 0 aliphatic heterocycles. The van der Waals surface area contributed by atoms with Gasteiger partial charge in [-0.2, -0.15) is 0 Å². The quantitative estimate of drug-likeness (QED) is 0.333. The van der Waals surface area contributed by atoms with Crippen molar-refractivity contribution in [3.8, 4) is 11.1 Å². The van der Waals surface area contributed by atoms with Crippen LogP contribution < -0.4 is 0 Å². The van der Waals surface area contributed by atoms with Crippen LogP contribution >= 0.6 is 0 Å². The highest BCUT2D eigenvalue weighted by molar-refractivity contribution is 6.13. The van der Waals surface area contributed by atoms with Crippen LogP contribution in [0.1, 0.15) is 26.3 Å². The second-order valence-corrected chi connectivity index (χ2v) is 7.49. The minimum atomic E-state index is 0.114. The fourth-order valence-electron chi connectivity index (χ4n) is 3.65. The summed E-state index contributed by atoms with van der Waals surface area (Å²) >= 11 is 0. The van der Waals surface area contributed by atoms with E-state index < -0.39 is 0 Å². The van der Waals surface area contributed by atoms with Crippen LogP contribution in [-0.4, -0.2) is 0 Å². The van der Waals surface area contributed by atoms with Crippen molar-refractivity contribution in [1.82, 2.24) is 0 Å². The first-order valence-electron chi connectivity index (χ1n) is 8.56. The SMILES string of the molecule is CC(C)(C)c1ccccc1-c1cc2ccccc2c2ccccc12. The first-order valence-corrected chi connectivity index (χ1v) is 8.56. The minimum absolute atomic E-state index is 0.114. The average molecular weight is 310 g/mol. The zero-order chi connectivity index (χ0) is 16.7. The number of benzene rings is 4. The summed E-state index contributed by atoms with van der Waals surface area (Å²) in [5.74, 6) is 0. The molecular formula is C24H22. The molecule has 0 aromatic heterocycles. The van der Waals surface area contributed by atoms with Crippen molar-refractivity contribution in [3.63, 3.8) is 0 Å². The van der Waals surface area contributed by atoms with Gasteiger partial charge in [0.1, 0.15) is 0 Å². The van der Waals surface area contributed by atoms with Gasteiger partial charge in [-0.1, -0.05) is 93.6 Å². The molecule has 0 saturated heterocycles. The normalized spacial score (nSPS) is 12.0. The molecule has 0 amide bonds. The fraction of sp³-hybridized carbons (Fsp3) is 0.167. The van der Waals surface area contributed by atoms with E-state index in [1.54, 1.807) is 0 Å². The standard InChI is InChI=1S/C24H22/c1-24(2,3)23-15-9-8-14-21(23)22-16-17-10-4-5-11-18(17)19-12-6-7-13-20(19)22/h4-16H,1-3H3. The van der Waals surface area contributed by atoms with Crippen molar-refractivity contribution in [2.24, 2.45) is 0 Å². The van der Waals surface area contributed by atoms with Gasteiger partial charge in [-0.15, -0.1) is 0 Å². The van der Waals surface area contributed by atoms with E-state index in [-0.39, 0.29) is 5.41 Å². The summed E-state index contributed by atoms with van der Waals surface area (Å²) in [6.07, 6.45) is 0. The van der Waals surface area contributed by atoms with Crippen LogP contribution in [0, 0.1) is 0 Å². The molecule has 0 heteroatoms. The molecule has 0 aliphatic rings. The fourth-order valence-corrected chi connectivity index (χ4v) is 3.65. The Morgan fingerprint density at radius 1 is 0.542 bits per heavy atom. The van der Waals surface area contributed by atoms with Crippen molar-refractivity contribution in [1.29, 1.82) is 0 Å². The zero-order valence-electron chi connectivity index (χ0n) is 14.5. The molecule has 0 bridgehead atoms. The first kappa shape index (κ1) is 15.0. The Morgan fingerprint density at radius 2 is 1.12 bits per heavy atom. The Balaban J connectivity index is 2.15. The zero-order valence-corrected chi connectivity index (χ0v) is 14.5. The molecule has 0 saturated carbocycles. The van der Waals surface area contributed by atoms with Gasteiger partial charge in [-0.3, -0.25) is 0 Å². The molecule has 4 rings (SSSR count).